The lowest BCUT2D eigenvalue weighted by molar-refractivity contribution is -0.384. The van der Waals surface area contributed by atoms with Crippen molar-refractivity contribution < 1.29 is 24.0 Å². The smallest absolute Gasteiger partial charge is 0.278 e. The van der Waals surface area contributed by atoms with E-state index in [0.29, 0.717) is 43.2 Å². The van der Waals surface area contributed by atoms with E-state index in [2.05, 4.69) is 5.32 Å². The predicted molar refractivity (Wildman–Crippen MR) is 119 cm³/mol. The molecule has 0 bridgehead atoms. The Morgan fingerprint density at radius 3 is 2.25 bits per heavy atom. The number of non-ortho nitro benzene ring substituents is 1. The summed E-state index contributed by atoms with van der Waals surface area (Å²) < 4.78 is 10.7. The standard InChI is InChI=1S/C23H25N3O6/c1-3-31-15-5-14-25-22(27)20(16-6-10-18(11-7-16)26(29)30)21(23(25)28)24-17-8-12-19(13-9-17)32-4-2/h6-13,24H,3-5,14-15H2,1-2H3. The Morgan fingerprint density at radius 2 is 1.66 bits per heavy atom. The first-order valence-corrected chi connectivity index (χ1v) is 10.4. The molecule has 1 N–H and O–H groups in total. The van der Waals surface area contributed by atoms with E-state index in [9.17, 15) is 19.7 Å². The number of hydrogen-bond donors (Lipinski definition) is 1. The molecule has 168 valence electrons. The van der Waals surface area contributed by atoms with Crippen LogP contribution in [0.5, 0.6) is 5.75 Å². The number of nitro groups is 1. The fourth-order valence-corrected chi connectivity index (χ4v) is 3.33. The minimum atomic E-state index is -0.515. The van der Waals surface area contributed by atoms with Crippen molar-refractivity contribution in [3.8, 4) is 5.75 Å². The van der Waals surface area contributed by atoms with Gasteiger partial charge < -0.3 is 14.8 Å². The average Bonchev–Trinajstić information content (AvgIpc) is 3.02. The lowest BCUT2D eigenvalue weighted by Crippen LogP contribution is -2.34. The van der Waals surface area contributed by atoms with Gasteiger partial charge in [0.2, 0.25) is 0 Å². The van der Waals surface area contributed by atoms with Crippen LogP contribution < -0.4 is 10.1 Å². The van der Waals surface area contributed by atoms with E-state index < -0.39 is 16.7 Å². The second kappa shape index (κ2) is 10.5. The summed E-state index contributed by atoms with van der Waals surface area (Å²) in [6.45, 7) is 5.49. The fourth-order valence-electron chi connectivity index (χ4n) is 3.33. The van der Waals surface area contributed by atoms with Gasteiger partial charge in [0.15, 0.2) is 0 Å². The number of nitrogens with zero attached hydrogens (tertiary/aromatic N) is 2. The van der Waals surface area contributed by atoms with Gasteiger partial charge in [-0.25, -0.2) is 0 Å². The van der Waals surface area contributed by atoms with Crippen LogP contribution in [-0.2, 0) is 14.3 Å². The summed E-state index contributed by atoms with van der Waals surface area (Å²) in [6, 6.07) is 12.6. The number of ether oxygens (including phenoxy) is 2. The lowest BCUT2D eigenvalue weighted by Gasteiger charge is -2.15. The number of amides is 2. The zero-order valence-corrected chi connectivity index (χ0v) is 18.0. The molecule has 3 rings (SSSR count). The van der Waals surface area contributed by atoms with Crippen molar-refractivity contribution in [2.45, 2.75) is 20.3 Å². The predicted octanol–water partition coefficient (Wildman–Crippen LogP) is 3.61. The van der Waals surface area contributed by atoms with Crippen molar-refractivity contribution in [3.05, 3.63) is 69.9 Å². The monoisotopic (exact) mass is 439 g/mol. The Labute approximate surface area is 185 Å². The van der Waals surface area contributed by atoms with Gasteiger partial charge >= 0.3 is 0 Å². The number of carbonyl (C=O) groups excluding carboxylic acids is 2. The van der Waals surface area contributed by atoms with Gasteiger partial charge in [-0.15, -0.1) is 0 Å². The lowest BCUT2D eigenvalue weighted by atomic mass is 10.0. The summed E-state index contributed by atoms with van der Waals surface area (Å²) >= 11 is 0. The number of benzene rings is 2. The van der Waals surface area contributed by atoms with Crippen molar-refractivity contribution >= 4 is 28.8 Å². The maximum atomic E-state index is 13.2. The number of nitrogens with one attached hydrogen (secondary N) is 1. The van der Waals surface area contributed by atoms with Gasteiger partial charge in [-0.1, -0.05) is 0 Å². The summed E-state index contributed by atoms with van der Waals surface area (Å²) in [7, 11) is 0. The largest absolute Gasteiger partial charge is 0.494 e. The Balaban J connectivity index is 1.92. The van der Waals surface area contributed by atoms with Gasteiger partial charge in [0, 0.05) is 37.6 Å². The highest BCUT2D eigenvalue weighted by molar-refractivity contribution is 6.36. The van der Waals surface area contributed by atoms with Crippen LogP contribution in [-0.4, -0.2) is 48.0 Å². The van der Waals surface area contributed by atoms with Crippen molar-refractivity contribution in [1.82, 2.24) is 4.90 Å². The first kappa shape index (κ1) is 23.0. The van der Waals surface area contributed by atoms with Crippen LogP contribution in [0.15, 0.2) is 54.2 Å². The van der Waals surface area contributed by atoms with Gasteiger partial charge in [-0.2, -0.15) is 0 Å². The summed E-state index contributed by atoms with van der Waals surface area (Å²) in [5.74, 6) is -0.212. The molecule has 9 heteroatoms. The molecule has 0 saturated heterocycles. The zero-order valence-electron chi connectivity index (χ0n) is 18.0. The normalized spacial score (nSPS) is 13.6. The first-order valence-electron chi connectivity index (χ1n) is 10.4. The second-order valence-corrected chi connectivity index (χ2v) is 6.95. The van der Waals surface area contributed by atoms with Crippen molar-refractivity contribution in [3.63, 3.8) is 0 Å². The molecule has 0 aliphatic carbocycles. The highest BCUT2D eigenvalue weighted by Crippen LogP contribution is 2.32. The molecule has 0 radical (unpaired) electrons. The van der Waals surface area contributed by atoms with Crippen LogP contribution in [0.25, 0.3) is 5.57 Å². The molecule has 32 heavy (non-hydrogen) atoms. The number of hydrogen-bond acceptors (Lipinski definition) is 7. The molecule has 1 aliphatic rings. The van der Waals surface area contributed by atoms with Crippen molar-refractivity contribution in [2.75, 3.05) is 31.7 Å². The second-order valence-electron chi connectivity index (χ2n) is 6.95. The summed E-state index contributed by atoms with van der Waals surface area (Å²) in [4.78, 5) is 37.9. The van der Waals surface area contributed by atoms with Gasteiger partial charge in [-0.05, 0) is 62.2 Å². The molecule has 0 unspecified atom stereocenters. The molecule has 9 nitrogen and oxygen atoms in total. The quantitative estimate of drug-likeness (QED) is 0.246. The van der Waals surface area contributed by atoms with Crippen LogP contribution in [0, 0.1) is 10.1 Å². The number of imide groups is 1. The first-order chi connectivity index (χ1) is 15.5. The SMILES string of the molecule is CCOCCCN1C(=O)C(Nc2ccc(OCC)cc2)=C(c2ccc([N+](=O)[O-])cc2)C1=O. The number of rotatable bonds is 11. The third kappa shape index (κ3) is 5.12. The van der Waals surface area contributed by atoms with Crippen LogP contribution in [0.3, 0.4) is 0 Å². The summed E-state index contributed by atoms with van der Waals surface area (Å²) in [5, 5.41) is 14.0. The minimum absolute atomic E-state index is 0.0966. The number of carbonyl (C=O) groups is 2. The van der Waals surface area contributed by atoms with E-state index >= 15 is 0 Å². The molecule has 0 fully saturated rings. The van der Waals surface area contributed by atoms with Crippen molar-refractivity contribution in [1.29, 1.82) is 0 Å². The van der Waals surface area contributed by atoms with E-state index in [-0.39, 0.29) is 23.5 Å². The molecule has 2 aromatic carbocycles. The molecule has 0 atom stereocenters. The van der Waals surface area contributed by atoms with Crippen LogP contribution in [0.4, 0.5) is 11.4 Å². The maximum Gasteiger partial charge on any atom is 0.278 e. The minimum Gasteiger partial charge on any atom is -0.494 e. The van der Waals surface area contributed by atoms with E-state index in [1.165, 1.54) is 29.2 Å². The molecule has 0 spiro atoms. The zero-order chi connectivity index (χ0) is 23.1. The van der Waals surface area contributed by atoms with Gasteiger partial charge in [-0.3, -0.25) is 24.6 Å². The summed E-state index contributed by atoms with van der Waals surface area (Å²) in [6.07, 6.45) is 0.509. The fraction of sp³-hybridized carbons (Fsp3) is 0.304. The van der Waals surface area contributed by atoms with Gasteiger partial charge in [0.1, 0.15) is 11.4 Å². The van der Waals surface area contributed by atoms with Crippen LogP contribution >= 0.6 is 0 Å². The number of anilines is 1. The molecule has 0 saturated carbocycles. The van der Waals surface area contributed by atoms with Crippen molar-refractivity contribution in [2.24, 2.45) is 0 Å². The van der Waals surface area contributed by atoms with Crippen LogP contribution in [0.2, 0.25) is 0 Å². The highest BCUT2D eigenvalue weighted by atomic mass is 16.6. The average molecular weight is 439 g/mol. The van der Waals surface area contributed by atoms with E-state index in [1.807, 2.05) is 13.8 Å². The van der Waals surface area contributed by atoms with E-state index in [0.717, 1.165) is 0 Å². The third-order valence-electron chi connectivity index (χ3n) is 4.84. The third-order valence-corrected chi connectivity index (χ3v) is 4.84. The molecule has 0 aromatic heterocycles. The Hall–Kier alpha value is -3.72. The number of nitro benzene ring substituents is 1. The molecule has 2 aromatic rings. The van der Waals surface area contributed by atoms with E-state index in [1.54, 1.807) is 24.3 Å². The van der Waals surface area contributed by atoms with E-state index in [4.69, 9.17) is 9.47 Å². The molecule has 1 aliphatic heterocycles. The highest BCUT2D eigenvalue weighted by Gasteiger charge is 2.39. The Bertz CT molecular complexity index is 1020. The molecular formula is C23H25N3O6. The van der Waals surface area contributed by atoms with Gasteiger partial charge in [0.05, 0.1) is 17.1 Å². The Morgan fingerprint density at radius 1 is 0.969 bits per heavy atom. The van der Waals surface area contributed by atoms with Crippen LogP contribution in [0.1, 0.15) is 25.8 Å². The maximum absolute atomic E-state index is 13.2. The molecule has 2 amide bonds. The van der Waals surface area contributed by atoms with Gasteiger partial charge in [0.25, 0.3) is 17.5 Å². The topological polar surface area (TPSA) is 111 Å². The summed E-state index contributed by atoms with van der Waals surface area (Å²) in [5.41, 5.74) is 1.25. The Kier molecular flexibility index (Phi) is 7.56. The molecule has 1 heterocycles. The molecular weight excluding hydrogens is 414 g/mol.